The number of para-hydroxylation sites is 4. The summed E-state index contributed by atoms with van der Waals surface area (Å²) in [6, 6.07) is 62.1. The first-order valence-electron chi connectivity index (χ1n) is 50.3. The molecule has 5 aliphatic rings. The van der Waals surface area contributed by atoms with Crippen LogP contribution in [0.25, 0.3) is 111 Å². The number of benzene rings is 7. The number of ether oxygens (including phenoxy) is 4. The Labute approximate surface area is 837 Å². The Morgan fingerprint density at radius 1 is 0.366 bits per heavy atom. The van der Waals surface area contributed by atoms with E-state index in [1.54, 1.807) is 89.6 Å². The van der Waals surface area contributed by atoms with Crippen LogP contribution in [0.15, 0.2) is 238 Å². The number of amides is 4. The molecule has 2 unspecified atom stereocenters. The standard InChI is InChI=1S/C31H32N6O.2C30H32N6O3.C22H24N6O/c32-29-28-27(26-16-22-8-4-5-9-25(22)35-26)36-30(37(28)15-14-33-29)21-12-10-19(11-13-21)18-34-31(38)24-17-23(24)20-6-2-1-3-7-20;1-38-22-13-21(14-23(16-22)39-2)30(37)33-17-18-7-9-19(10-8-18)29-35-26(27-28(31)32-11-12-36(27)29)25-15-20-5-3-4-6-24(20)34-25;1-38-21-11-12-22(25(16-21)39-2)30(37)33-17-18-7-9-19(10-8-18)29-35-26(27-28(31)32-13-14-36(27)29)24-15-20-5-3-4-6-23(20)34-24;23-21-20-19(18-11-16-3-1-2-4-17(16)26-18)27-22(28(20)10-9-25-21)15-7-5-14(6-8-15)12-24-13-29/h1-9,14-16,19,21,23-24,35H,10-13,17-18H2,(H2,32,33)(H,34,38);2*3-6,11-16,18-19,34H,7-10,17H2,1-2H3,(H2,31,32)(H,33,37);1-4,9-11,13-15,26H,5-8,12H2,(H2,23,25)(H,24,29). The first-order chi connectivity index (χ1) is 71.0. The summed E-state index contributed by atoms with van der Waals surface area (Å²) in [4.78, 5) is 101. The number of fused-ring (bicyclic) bond motifs is 8. The molecule has 0 spiro atoms. The number of nitrogen functional groups attached to an aromatic ring is 4. The van der Waals surface area contributed by atoms with Gasteiger partial charge in [-0.25, -0.2) is 39.9 Å². The Balaban J connectivity index is 0.000000114. The van der Waals surface area contributed by atoms with Gasteiger partial charge in [0.15, 0.2) is 0 Å². The van der Waals surface area contributed by atoms with Gasteiger partial charge in [0.05, 0.1) is 56.8 Å². The number of aromatic nitrogens is 16. The van der Waals surface area contributed by atoms with Gasteiger partial charge in [-0.1, -0.05) is 103 Å². The molecular weight excluding hydrogens is 1820 g/mol. The van der Waals surface area contributed by atoms with Crippen LogP contribution >= 0.6 is 0 Å². The monoisotopic (exact) mass is 1940 g/mol. The Morgan fingerprint density at radius 3 is 1.03 bits per heavy atom. The molecule has 7 aromatic carbocycles. The van der Waals surface area contributed by atoms with Crippen LogP contribution in [-0.4, -0.2) is 156 Å². The molecule has 12 aromatic heterocycles. The lowest BCUT2D eigenvalue weighted by Gasteiger charge is -2.28. The third-order valence-electron chi connectivity index (χ3n) is 30.2. The number of aromatic amines is 4. The van der Waals surface area contributed by atoms with E-state index in [1.165, 1.54) is 5.56 Å². The number of anilines is 4. The molecule has 5 aliphatic carbocycles. The van der Waals surface area contributed by atoms with Crippen molar-refractivity contribution in [1.29, 1.82) is 0 Å². The molecule has 19 aromatic rings. The molecule has 12 heterocycles. The van der Waals surface area contributed by atoms with Crippen molar-refractivity contribution >= 4 is 113 Å². The average molecular weight is 1940 g/mol. The summed E-state index contributed by atoms with van der Waals surface area (Å²) in [6.07, 6.45) is 33.0. The van der Waals surface area contributed by atoms with Crippen LogP contribution in [0.2, 0.25) is 0 Å². The van der Waals surface area contributed by atoms with Crippen molar-refractivity contribution in [3.63, 3.8) is 0 Å². The predicted molar refractivity (Wildman–Crippen MR) is 566 cm³/mol. The van der Waals surface area contributed by atoms with Crippen molar-refractivity contribution in [2.24, 2.45) is 29.6 Å². The lowest BCUT2D eigenvalue weighted by molar-refractivity contribution is -0.122. The zero-order valence-corrected chi connectivity index (χ0v) is 81.7. The Hall–Kier alpha value is -16.5. The Bertz CT molecular complexity index is 7760. The highest BCUT2D eigenvalue weighted by atomic mass is 16.5. The second-order valence-corrected chi connectivity index (χ2v) is 39.1. The quantitative estimate of drug-likeness (QED) is 0.0236. The number of carbonyl (C=O) groups excluding carboxylic acids is 4. The molecule has 5 fully saturated rings. The molecule has 0 bridgehead atoms. The number of methoxy groups -OCH3 is 4. The van der Waals surface area contributed by atoms with Crippen LogP contribution in [0, 0.1) is 29.6 Å². The van der Waals surface area contributed by atoms with E-state index in [1.807, 2.05) is 79.4 Å². The SMILES string of the molecule is COc1cc(OC)cc(C(=O)NCC2CCC(c3nc(-c4cc5ccccc5[nH]4)c4c(N)nccn34)CC2)c1.COc1ccc(C(=O)NCC2CCC(c3nc(-c4cc5ccccc5[nH]4)c4c(N)nccn34)CC2)c(OC)c1.Nc1nccn2c(C3CCC(CNC(=O)C4CC4c4ccccc4)CC3)nc(-c3cc4ccccc4[nH]3)c12.Nc1nccn2c(C3CCC(CNC=O)CC3)nc(-c3cc4ccccc4[nH]3)c12. The zero-order valence-electron chi connectivity index (χ0n) is 81.7. The van der Waals surface area contributed by atoms with E-state index in [0.29, 0.717) is 124 Å². The minimum Gasteiger partial charge on any atom is -0.497 e. The summed E-state index contributed by atoms with van der Waals surface area (Å²) in [7, 11) is 6.29. The molecule has 0 saturated heterocycles. The number of rotatable bonds is 25. The fraction of sp³-hybridized carbons (Fsp3) is 0.310. The van der Waals surface area contributed by atoms with Gasteiger partial charge in [0, 0.05) is 167 Å². The van der Waals surface area contributed by atoms with E-state index in [4.69, 9.17) is 61.8 Å². The number of carbonyl (C=O) groups is 4. The number of imidazole rings is 4. The summed E-state index contributed by atoms with van der Waals surface area (Å²) < 4.78 is 29.7. The van der Waals surface area contributed by atoms with E-state index in [-0.39, 0.29) is 23.6 Å². The highest BCUT2D eigenvalue weighted by molar-refractivity contribution is 5.99. The van der Waals surface area contributed by atoms with Crippen LogP contribution in [0.4, 0.5) is 23.3 Å². The van der Waals surface area contributed by atoms with Gasteiger partial charge in [-0.05, 0) is 217 Å². The van der Waals surface area contributed by atoms with Crippen LogP contribution in [-0.2, 0) is 9.59 Å². The van der Waals surface area contributed by atoms with E-state index in [2.05, 4.69) is 176 Å². The van der Waals surface area contributed by atoms with Crippen LogP contribution in [0.1, 0.15) is 188 Å². The molecule has 740 valence electrons. The fourth-order valence-corrected chi connectivity index (χ4v) is 22.3. The molecule has 2 atom stereocenters. The number of H-pyrrole nitrogens is 4. The third kappa shape index (κ3) is 19.9. The van der Waals surface area contributed by atoms with Crippen molar-refractivity contribution in [3.8, 4) is 68.5 Å². The van der Waals surface area contributed by atoms with Crippen LogP contribution < -0.4 is 63.1 Å². The second kappa shape index (κ2) is 41.9. The molecule has 0 radical (unpaired) electrons. The zero-order chi connectivity index (χ0) is 99.3. The number of hydrogen-bond donors (Lipinski definition) is 12. The maximum absolute atomic E-state index is 12.9. The van der Waals surface area contributed by atoms with Gasteiger partial charge in [-0.2, -0.15) is 0 Å². The molecular formula is C113H120N24O8. The van der Waals surface area contributed by atoms with Gasteiger partial charge in [-0.3, -0.25) is 36.8 Å². The number of nitrogens with zero attached hydrogens (tertiary/aromatic N) is 12. The van der Waals surface area contributed by atoms with E-state index in [9.17, 15) is 19.2 Å². The summed E-state index contributed by atoms with van der Waals surface area (Å²) in [5.74, 6) is 12.0. The first kappa shape index (κ1) is 94.7. The van der Waals surface area contributed by atoms with Gasteiger partial charge >= 0.3 is 0 Å². The lowest BCUT2D eigenvalue weighted by Crippen LogP contribution is -2.32. The topological polar surface area (TPSA) is 441 Å². The number of hydrogen-bond acceptors (Lipinski definition) is 20. The molecule has 145 heavy (non-hydrogen) atoms. The van der Waals surface area contributed by atoms with E-state index >= 15 is 0 Å². The van der Waals surface area contributed by atoms with Gasteiger partial charge < -0.3 is 83.1 Å². The lowest BCUT2D eigenvalue weighted by atomic mass is 9.81. The normalized spacial score (nSPS) is 19.3. The average Bonchev–Trinajstić information content (AvgIpc) is 1.61. The molecule has 16 N–H and O–H groups in total. The summed E-state index contributed by atoms with van der Waals surface area (Å²) >= 11 is 0. The third-order valence-corrected chi connectivity index (χ3v) is 30.2. The van der Waals surface area contributed by atoms with Gasteiger partial charge in [0.25, 0.3) is 11.8 Å². The van der Waals surface area contributed by atoms with Gasteiger partial charge in [0.1, 0.15) is 114 Å². The maximum atomic E-state index is 12.9. The Kier molecular flexibility index (Phi) is 27.4. The summed E-state index contributed by atoms with van der Waals surface area (Å²) in [6.45, 7) is 2.78. The number of nitrogens with two attached hydrogens (primary N) is 4. The summed E-state index contributed by atoms with van der Waals surface area (Å²) in [5.41, 5.74) is 42.5. The molecule has 32 nitrogen and oxygen atoms in total. The van der Waals surface area contributed by atoms with Crippen molar-refractivity contribution in [1.82, 2.24) is 98.7 Å². The minimum atomic E-state index is -0.137. The van der Waals surface area contributed by atoms with E-state index in [0.717, 1.165) is 263 Å². The highest BCUT2D eigenvalue weighted by Crippen LogP contribution is 2.49. The second-order valence-electron chi connectivity index (χ2n) is 39.1. The smallest absolute Gasteiger partial charge is 0.255 e. The van der Waals surface area contributed by atoms with E-state index < -0.39 is 0 Å². The van der Waals surface area contributed by atoms with Gasteiger partial charge in [-0.15, -0.1) is 0 Å². The molecule has 24 rings (SSSR count). The molecule has 0 aliphatic heterocycles. The van der Waals surface area contributed by atoms with Crippen LogP contribution in [0.3, 0.4) is 0 Å². The largest absolute Gasteiger partial charge is 0.497 e. The molecule has 4 amide bonds. The van der Waals surface area contributed by atoms with Crippen LogP contribution in [0.5, 0.6) is 23.0 Å². The minimum absolute atomic E-state index is 0.125. The van der Waals surface area contributed by atoms with Crippen molar-refractivity contribution in [2.75, 3.05) is 77.6 Å². The summed E-state index contributed by atoms with van der Waals surface area (Å²) in [5, 5.41) is 16.8. The first-order valence-corrected chi connectivity index (χ1v) is 50.3. The molecule has 32 heteroatoms. The van der Waals surface area contributed by atoms with Crippen molar-refractivity contribution in [3.05, 3.63) is 278 Å². The number of nitrogens with one attached hydrogen (secondary N) is 8. The maximum Gasteiger partial charge on any atom is 0.255 e. The fourth-order valence-electron chi connectivity index (χ4n) is 22.3. The van der Waals surface area contributed by atoms with Crippen molar-refractivity contribution in [2.45, 2.75) is 139 Å². The Morgan fingerprint density at radius 2 is 0.697 bits per heavy atom. The highest BCUT2D eigenvalue weighted by Gasteiger charge is 2.44. The molecule has 5 saturated carbocycles. The van der Waals surface area contributed by atoms with Gasteiger partial charge in [0.2, 0.25) is 12.3 Å². The van der Waals surface area contributed by atoms with Crippen molar-refractivity contribution < 1.29 is 38.1 Å². The predicted octanol–water partition coefficient (Wildman–Crippen LogP) is 19.5.